The minimum Gasteiger partial charge on any atom is -0.377 e. The number of amides is 1. The molecule has 4 atom stereocenters. The Morgan fingerprint density at radius 3 is 2.19 bits per heavy atom. The molecule has 1 saturated heterocycles. The smallest absolute Gasteiger partial charge is 0.377 e. The third-order valence-corrected chi connectivity index (χ3v) is 5.61. The van der Waals surface area contributed by atoms with E-state index in [0.717, 1.165) is 7.11 Å². The number of likely N-dealkylation sites (tertiary alicyclic amines) is 1. The lowest BCUT2D eigenvalue weighted by Crippen LogP contribution is -2.36. The molecule has 0 aliphatic carbocycles. The van der Waals surface area contributed by atoms with E-state index in [1.165, 1.54) is 6.92 Å². The molecule has 1 aliphatic heterocycles. The summed E-state index contributed by atoms with van der Waals surface area (Å²) < 4.78 is 46.3. The standard InChI is InChI=1S/C13H27NO10P2/c1-11-8-13(14(9-11)12(2)15)10-24-26(18,19)23-7-5-21-4-6-22-25(16,17)20-3/h11,13H,4-10H2,1-3H3,(H,16,17)(H,18,19)/t11-,13+/m1/s1. The van der Waals surface area contributed by atoms with Crippen molar-refractivity contribution in [3.8, 4) is 0 Å². The Kier molecular flexibility index (Phi) is 9.88. The molecule has 1 aliphatic rings. The van der Waals surface area contributed by atoms with Crippen molar-refractivity contribution in [2.24, 2.45) is 5.92 Å². The molecule has 1 amide bonds. The van der Waals surface area contributed by atoms with Gasteiger partial charge in [-0.05, 0) is 12.3 Å². The fraction of sp³-hybridized carbons (Fsp3) is 0.923. The van der Waals surface area contributed by atoms with Gasteiger partial charge in [-0.3, -0.25) is 22.9 Å². The number of phosphoric acid groups is 2. The van der Waals surface area contributed by atoms with Gasteiger partial charge in [0.25, 0.3) is 0 Å². The van der Waals surface area contributed by atoms with Crippen molar-refractivity contribution in [1.29, 1.82) is 0 Å². The molecule has 0 aromatic carbocycles. The number of phosphoric ester groups is 2. The van der Waals surface area contributed by atoms with E-state index in [-0.39, 0.29) is 45.0 Å². The van der Waals surface area contributed by atoms with Crippen LogP contribution in [0.4, 0.5) is 0 Å². The van der Waals surface area contributed by atoms with Crippen LogP contribution in [0.5, 0.6) is 0 Å². The van der Waals surface area contributed by atoms with Crippen molar-refractivity contribution >= 4 is 21.6 Å². The van der Waals surface area contributed by atoms with Crippen molar-refractivity contribution in [2.75, 3.05) is 46.7 Å². The molecule has 0 aromatic rings. The van der Waals surface area contributed by atoms with Gasteiger partial charge in [-0.25, -0.2) is 9.13 Å². The molecule has 0 radical (unpaired) electrons. The predicted molar refractivity (Wildman–Crippen MR) is 90.3 cm³/mol. The van der Waals surface area contributed by atoms with Crippen LogP contribution in [-0.4, -0.2) is 73.3 Å². The Morgan fingerprint density at radius 2 is 1.65 bits per heavy atom. The first-order chi connectivity index (χ1) is 12.1. The average molecular weight is 419 g/mol. The fourth-order valence-corrected chi connectivity index (χ4v) is 3.64. The van der Waals surface area contributed by atoms with Crippen LogP contribution in [0.3, 0.4) is 0 Å². The minimum absolute atomic E-state index is 0.0264. The molecule has 26 heavy (non-hydrogen) atoms. The number of ether oxygens (including phenoxy) is 1. The average Bonchev–Trinajstić information content (AvgIpc) is 2.93. The highest BCUT2D eigenvalue weighted by Crippen LogP contribution is 2.44. The maximum absolute atomic E-state index is 11.8. The molecule has 0 spiro atoms. The van der Waals surface area contributed by atoms with Gasteiger partial charge in [0.1, 0.15) is 0 Å². The van der Waals surface area contributed by atoms with Crippen molar-refractivity contribution in [2.45, 2.75) is 26.3 Å². The number of carbonyl (C=O) groups excluding carboxylic acids is 1. The predicted octanol–water partition coefficient (Wildman–Crippen LogP) is 1.16. The molecular formula is C13H27NO10P2. The quantitative estimate of drug-likeness (QED) is 0.350. The van der Waals surface area contributed by atoms with Crippen LogP contribution in [0.1, 0.15) is 20.3 Å². The van der Waals surface area contributed by atoms with Crippen LogP contribution in [0.25, 0.3) is 0 Å². The maximum atomic E-state index is 11.8. The molecule has 11 nitrogen and oxygen atoms in total. The lowest BCUT2D eigenvalue weighted by Gasteiger charge is -2.23. The van der Waals surface area contributed by atoms with Gasteiger partial charge < -0.3 is 19.4 Å². The minimum atomic E-state index is -4.26. The van der Waals surface area contributed by atoms with Crippen molar-refractivity contribution in [1.82, 2.24) is 4.90 Å². The van der Waals surface area contributed by atoms with Gasteiger partial charge in [0, 0.05) is 20.6 Å². The van der Waals surface area contributed by atoms with E-state index in [9.17, 15) is 18.8 Å². The maximum Gasteiger partial charge on any atom is 0.472 e. The summed E-state index contributed by atoms with van der Waals surface area (Å²) in [6, 6.07) is -0.255. The molecular weight excluding hydrogens is 392 g/mol. The summed E-state index contributed by atoms with van der Waals surface area (Å²) in [4.78, 5) is 31.8. The zero-order chi connectivity index (χ0) is 19.8. The molecule has 2 unspecified atom stereocenters. The van der Waals surface area contributed by atoms with Crippen LogP contribution in [-0.2, 0) is 36.8 Å². The summed E-state index contributed by atoms with van der Waals surface area (Å²) in [7, 11) is -7.26. The molecule has 13 heteroatoms. The second-order valence-electron chi connectivity index (χ2n) is 5.86. The van der Waals surface area contributed by atoms with Gasteiger partial charge in [-0.2, -0.15) is 0 Å². The van der Waals surface area contributed by atoms with E-state index < -0.39 is 15.6 Å². The first-order valence-electron chi connectivity index (χ1n) is 8.06. The molecule has 0 bridgehead atoms. The Balaban J connectivity index is 2.19. The van der Waals surface area contributed by atoms with Gasteiger partial charge in [-0.1, -0.05) is 6.92 Å². The zero-order valence-corrected chi connectivity index (χ0v) is 16.9. The van der Waals surface area contributed by atoms with Crippen molar-refractivity contribution < 1.29 is 46.5 Å². The normalized spacial score (nSPS) is 25.0. The fourth-order valence-electron chi connectivity index (χ4n) is 2.49. The van der Waals surface area contributed by atoms with Crippen LogP contribution < -0.4 is 0 Å². The van der Waals surface area contributed by atoms with E-state index in [0.29, 0.717) is 18.9 Å². The van der Waals surface area contributed by atoms with Crippen LogP contribution in [0.2, 0.25) is 0 Å². The molecule has 1 fully saturated rings. The summed E-state index contributed by atoms with van der Waals surface area (Å²) in [6.45, 7) is 3.48. The summed E-state index contributed by atoms with van der Waals surface area (Å²) in [5, 5.41) is 0. The SMILES string of the molecule is COP(=O)(O)OCCOCCOP(=O)(O)OC[C@@H]1C[C@@H](C)CN1C(C)=O. The van der Waals surface area contributed by atoms with E-state index in [2.05, 4.69) is 9.05 Å². The monoisotopic (exact) mass is 419 g/mol. The highest BCUT2D eigenvalue weighted by Gasteiger charge is 2.33. The van der Waals surface area contributed by atoms with Gasteiger partial charge in [-0.15, -0.1) is 0 Å². The van der Waals surface area contributed by atoms with Crippen LogP contribution in [0.15, 0.2) is 0 Å². The third-order valence-electron chi connectivity index (χ3n) is 3.65. The second kappa shape index (κ2) is 10.8. The Morgan fingerprint density at radius 1 is 1.08 bits per heavy atom. The number of hydrogen-bond donors (Lipinski definition) is 2. The summed E-state index contributed by atoms with van der Waals surface area (Å²) >= 11 is 0. The molecule has 0 saturated carbocycles. The summed E-state index contributed by atoms with van der Waals surface area (Å²) in [5.41, 5.74) is 0. The lowest BCUT2D eigenvalue weighted by molar-refractivity contribution is -0.130. The topological polar surface area (TPSA) is 141 Å². The summed E-state index contributed by atoms with van der Waals surface area (Å²) in [6.07, 6.45) is 0.693. The van der Waals surface area contributed by atoms with Crippen LogP contribution in [0, 0.1) is 5.92 Å². The van der Waals surface area contributed by atoms with Crippen LogP contribution >= 0.6 is 15.6 Å². The Hall–Kier alpha value is -0.350. The van der Waals surface area contributed by atoms with Crippen molar-refractivity contribution in [3.63, 3.8) is 0 Å². The molecule has 154 valence electrons. The number of carbonyl (C=O) groups is 1. The largest absolute Gasteiger partial charge is 0.472 e. The van der Waals surface area contributed by atoms with Gasteiger partial charge >= 0.3 is 15.6 Å². The molecule has 2 N–H and O–H groups in total. The Labute approximate surface area is 152 Å². The van der Waals surface area contributed by atoms with Crippen molar-refractivity contribution in [3.05, 3.63) is 0 Å². The van der Waals surface area contributed by atoms with E-state index in [4.69, 9.17) is 18.7 Å². The number of rotatable bonds is 12. The second-order valence-corrected chi connectivity index (χ2v) is 8.87. The summed E-state index contributed by atoms with van der Waals surface area (Å²) in [5.74, 6) is 0.197. The zero-order valence-electron chi connectivity index (χ0n) is 15.1. The van der Waals surface area contributed by atoms with E-state index >= 15 is 0 Å². The van der Waals surface area contributed by atoms with E-state index in [1.54, 1.807) is 4.90 Å². The highest BCUT2D eigenvalue weighted by molar-refractivity contribution is 7.47. The lowest BCUT2D eigenvalue weighted by atomic mass is 10.1. The molecule has 1 rings (SSSR count). The molecule has 0 aromatic heterocycles. The first kappa shape index (κ1) is 23.7. The van der Waals surface area contributed by atoms with E-state index in [1.807, 2.05) is 6.92 Å². The first-order valence-corrected chi connectivity index (χ1v) is 11.1. The van der Waals surface area contributed by atoms with Gasteiger partial charge in [0.05, 0.1) is 39.1 Å². The van der Waals surface area contributed by atoms with Gasteiger partial charge in [0.2, 0.25) is 5.91 Å². The number of nitrogens with zero attached hydrogens (tertiary/aromatic N) is 1. The Bertz CT molecular complexity index is 545. The molecule has 1 heterocycles. The number of hydrogen-bond acceptors (Lipinski definition) is 8. The third kappa shape index (κ3) is 9.03. The highest BCUT2D eigenvalue weighted by atomic mass is 31.2. The van der Waals surface area contributed by atoms with Gasteiger partial charge in [0.15, 0.2) is 0 Å².